The van der Waals surface area contributed by atoms with Crippen LogP contribution in [-0.2, 0) is 17.9 Å². The van der Waals surface area contributed by atoms with Crippen LogP contribution in [0.1, 0.15) is 48.4 Å². The predicted molar refractivity (Wildman–Crippen MR) is 122 cm³/mol. The standard InChI is InChI=1S/C24H29N5OS/c1-18(2)29-15-22(26-17-29)21-14-27(13-20-4-3-11-31-20)16-24(21)7-10-28(23(24)30)12-19-5-8-25-9-6-19/h3-6,8-9,11,15,17-18,21H,7,10,12-14,16H2,1-2H3/t21-,24+/m1/s1. The number of thiophene rings is 1. The van der Waals surface area contributed by atoms with Crippen molar-refractivity contribution in [1.29, 1.82) is 0 Å². The Bertz CT molecular complexity index is 1030. The summed E-state index contributed by atoms with van der Waals surface area (Å²) in [5.41, 5.74) is 1.80. The molecule has 0 radical (unpaired) electrons. The maximum Gasteiger partial charge on any atom is 0.231 e. The monoisotopic (exact) mass is 435 g/mol. The Hall–Kier alpha value is -2.51. The first-order valence-corrected chi connectivity index (χ1v) is 11.9. The number of rotatable bonds is 6. The van der Waals surface area contributed by atoms with Crippen molar-refractivity contribution in [1.82, 2.24) is 24.3 Å². The zero-order valence-electron chi connectivity index (χ0n) is 18.1. The summed E-state index contributed by atoms with van der Waals surface area (Å²) in [6, 6.07) is 8.65. The highest BCUT2D eigenvalue weighted by molar-refractivity contribution is 7.09. The van der Waals surface area contributed by atoms with Crippen LogP contribution in [-0.4, -0.2) is 49.9 Å². The number of likely N-dealkylation sites (tertiary alicyclic amines) is 2. The molecule has 2 aliphatic rings. The van der Waals surface area contributed by atoms with E-state index < -0.39 is 0 Å². The van der Waals surface area contributed by atoms with Crippen molar-refractivity contribution in [2.24, 2.45) is 5.41 Å². The van der Waals surface area contributed by atoms with Gasteiger partial charge in [-0.25, -0.2) is 4.98 Å². The molecule has 1 spiro atoms. The quantitative estimate of drug-likeness (QED) is 0.589. The third-order valence-corrected chi connectivity index (χ3v) is 7.67. The highest BCUT2D eigenvalue weighted by Gasteiger charge is 2.57. The molecule has 2 saturated heterocycles. The minimum absolute atomic E-state index is 0.127. The molecule has 1 amide bonds. The Morgan fingerprint density at radius 3 is 2.77 bits per heavy atom. The second-order valence-corrected chi connectivity index (χ2v) is 10.2. The van der Waals surface area contributed by atoms with Crippen molar-refractivity contribution in [2.75, 3.05) is 19.6 Å². The molecule has 3 aromatic heterocycles. The molecule has 6 nitrogen and oxygen atoms in total. The lowest BCUT2D eigenvalue weighted by atomic mass is 9.75. The van der Waals surface area contributed by atoms with Gasteiger partial charge < -0.3 is 9.47 Å². The van der Waals surface area contributed by atoms with E-state index in [1.165, 1.54) is 4.88 Å². The molecule has 0 aliphatic carbocycles. The maximum absolute atomic E-state index is 13.9. The van der Waals surface area contributed by atoms with Crippen molar-refractivity contribution in [3.63, 3.8) is 0 Å². The molecule has 0 N–H and O–H groups in total. The summed E-state index contributed by atoms with van der Waals surface area (Å²) in [7, 11) is 0. The fourth-order valence-corrected chi connectivity index (χ4v) is 5.88. The Balaban J connectivity index is 1.43. The minimum atomic E-state index is -0.388. The highest BCUT2D eigenvalue weighted by atomic mass is 32.1. The van der Waals surface area contributed by atoms with Crippen LogP contribution in [0.2, 0.25) is 0 Å². The maximum atomic E-state index is 13.9. The number of carbonyl (C=O) groups is 1. The van der Waals surface area contributed by atoms with Crippen LogP contribution < -0.4 is 0 Å². The van der Waals surface area contributed by atoms with E-state index >= 15 is 0 Å². The van der Waals surface area contributed by atoms with E-state index in [9.17, 15) is 4.79 Å². The van der Waals surface area contributed by atoms with E-state index in [1.807, 2.05) is 23.4 Å². The van der Waals surface area contributed by atoms with Gasteiger partial charge in [-0.1, -0.05) is 6.07 Å². The van der Waals surface area contributed by atoms with Crippen molar-refractivity contribution >= 4 is 17.2 Å². The molecule has 3 aromatic rings. The summed E-state index contributed by atoms with van der Waals surface area (Å²) in [4.78, 5) is 28.6. The van der Waals surface area contributed by atoms with Crippen LogP contribution in [0.25, 0.3) is 0 Å². The van der Waals surface area contributed by atoms with Gasteiger partial charge in [0.05, 0.1) is 17.4 Å². The second-order valence-electron chi connectivity index (χ2n) is 9.13. The molecular formula is C24H29N5OS. The van der Waals surface area contributed by atoms with Gasteiger partial charge >= 0.3 is 0 Å². The predicted octanol–water partition coefficient (Wildman–Crippen LogP) is 3.94. The van der Waals surface area contributed by atoms with Crippen LogP contribution >= 0.6 is 11.3 Å². The van der Waals surface area contributed by atoms with E-state index in [4.69, 9.17) is 4.98 Å². The highest BCUT2D eigenvalue weighted by Crippen LogP contribution is 2.50. The molecule has 5 rings (SSSR count). The number of pyridine rings is 1. The SMILES string of the molecule is CC(C)n1cnc([C@H]2CN(Cc3cccs3)C[C@@]23CCN(Cc2ccncc2)C3=O)c1. The molecule has 2 atom stereocenters. The second kappa shape index (κ2) is 8.20. The number of imidazole rings is 1. The molecule has 5 heterocycles. The Morgan fingerprint density at radius 1 is 1.23 bits per heavy atom. The third kappa shape index (κ3) is 3.81. The van der Waals surface area contributed by atoms with Crippen LogP contribution in [0.3, 0.4) is 0 Å². The molecular weight excluding hydrogens is 406 g/mol. The fraction of sp³-hybridized carbons (Fsp3) is 0.458. The molecule has 0 unspecified atom stereocenters. The number of aromatic nitrogens is 3. The molecule has 2 aliphatic heterocycles. The van der Waals surface area contributed by atoms with Gasteiger partial charge in [0.1, 0.15) is 0 Å². The minimum Gasteiger partial charge on any atom is -0.338 e. The van der Waals surface area contributed by atoms with Gasteiger partial charge in [0.25, 0.3) is 0 Å². The molecule has 0 saturated carbocycles. The largest absolute Gasteiger partial charge is 0.338 e. The lowest BCUT2D eigenvalue weighted by Crippen LogP contribution is -2.39. The summed E-state index contributed by atoms with van der Waals surface area (Å²) < 4.78 is 2.15. The van der Waals surface area contributed by atoms with Gasteiger partial charge in [0, 0.05) is 68.2 Å². The van der Waals surface area contributed by atoms with E-state index in [-0.39, 0.29) is 17.2 Å². The molecule has 31 heavy (non-hydrogen) atoms. The van der Waals surface area contributed by atoms with E-state index in [2.05, 4.69) is 52.0 Å². The number of amides is 1. The van der Waals surface area contributed by atoms with Gasteiger partial charge in [-0.15, -0.1) is 11.3 Å². The topological polar surface area (TPSA) is 54.3 Å². The van der Waals surface area contributed by atoms with Gasteiger partial charge in [0.15, 0.2) is 0 Å². The lowest BCUT2D eigenvalue weighted by molar-refractivity contribution is -0.136. The average molecular weight is 436 g/mol. The molecule has 162 valence electrons. The number of carbonyl (C=O) groups excluding carboxylic acids is 1. The van der Waals surface area contributed by atoms with Gasteiger partial charge in [-0.2, -0.15) is 0 Å². The molecule has 2 fully saturated rings. The van der Waals surface area contributed by atoms with Crippen molar-refractivity contribution in [3.05, 3.63) is 70.7 Å². The van der Waals surface area contributed by atoms with Crippen LogP contribution in [0.15, 0.2) is 54.6 Å². The zero-order chi connectivity index (χ0) is 21.4. The lowest BCUT2D eigenvalue weighted by Gasteiger charge is -2.28. The van der Waals surface area contributed by atoms with Crippen molar-refractivity contribution in [3.8, 4) is 0 Å². The van der Waals surface area contributed by atoms with Gasteiger partial charge in [0.2, 0.25) is 5.91 Å². The van der Waals surface area contributed by atoms with Crippen molar-refractivity contribution < 1.29 is 4.79 Å². The fourth-order valence-electron chi connectivity index (χ4n) is 5.13. The summed E-state index contributed by atoms with van der Waals surface area (Å²) in [6.45, 7) is 8.36. The molecule has 0 aromatic carbocycles. The summed E-state index contributed by atoms with van der Waals surface area (Å²) in [5, 5.41) is 2.13. The van der Waals surface area contributed by atoms with E-state index in [1.54, 1.807) is 23.7 Å². The Morgan fingerprint density at radius 2 is 2.06 bits per heavy atom. The first-order valence-electron chi connectivity index (χ1n) is 11.0. The summed E-state index contributed by atoms with van der Waals surface area (Å²) >= 11 is 1.79. The summed E-state index contributed by atoms with van der Waals surface area (Å²) in [6.07, 6.45) is 8.56. The van der Waals surface area contributed by atoms with Crippen molar-refractivity contribution in [2.45, 2.75) is 45.3 Å². The van der Waals surface area contributed by atoms with Crippen LogP contribution in [0.4, 0.5) is 0 Å². The number of hydrogen-bond donors (Lipinski definition) is 0. The third-order valence-electron chi connectivity index (χ3n) is 6.81. The summed E-state index contributed by atoms with van der Waals surface area (Å²) in [5.74, 6) is 0.407. The van der Waals surface area contributed by atoms with Crippen LogP contribution in [0.5, 0.6) is 0 Å². The normalized spacial score (nSPS) is 24.2. The zero-order valence-corrected chi connectivity index (χ0v) is 19.0. The smallest absolute Gasteiger partial charge is 0.231 e. The molecule has 0 bridgehead atoms. The van der Waals surface area contributed by atoms with Gasteiger partial charge in [-0.05, 0) is 49.4 Å². The first-order chi connectivity index (χ1) is 15.0. The van der Waals surface area contributed by atoms with Crippen LogP contribution in [0, 0.1) is 5.41 Å². The Labute approximate surface area is 187 Å². The number of hydrogen-bond acceptors (Lipinski definition) is 5. The Kier molecular flexibility index (Phi) is 5.40. The van der Waals surface area contributed by atoms with E-state index in [0.29, 0.717) is 12.6 Å². The number of nitrogens with zero attached hydrogens (tertiary/aromatic N) is 5. The average Bonchev–Trinajstić information content (AvgIpc) is 3.55. The van der Waals surface area contributed by atoms with E-state index in [0.717, 1.165) is 43.9 Å². The van der Waals surface area contributed by atoms with Gasteiger partial charge in [-0.3, -0.25) is 14.7 Å². The molecule has 7 heteroatoms. The first kappa shape index (κ1) is 20.4.